The Morgan fingerprint density at radius 3 is 2.71 bits per heavy atom. The van der Waals surface area contributed by atoms with Crippen LogP contribution in [0, 0.1) is 6.92 Å². The number of sulfonamides is 1. The zero-order valence-corrected chi connectivity index (χ0v) is 14.3. The molecule has 0 bridgehead atoms. The summed E-state index contributed by atoms with van der Waals surface area (Å²) in [6.45, 7) is 1.62. The fourth-order valence-corrected chi connectivity index (χ4v) is 4.58. The zero-order valence-electron chi connectivity index (χ0n) is 11.1. The molecule has 21 heavy (non-hydrogen) atoms. The van der Waals surface area contributed by atoms with Crippen LogP contribution in [0.2, 0.25) is 0 Å². The summed E-state index contributed by atoms with van der Waals surface area (Å²) in [7, 11) is -2.71. The number of halogens is 1. The lowest BCUT2D eigenvalue weighted by molar-refractivity contribution is 0.0602. The van der Waals surface area contributed by atoms with Crippen LogP contribution in [0.3, 0.4) is 0 Å². The minimum absolute atomic E-state index is 0.0413. The second kappa shape index (κ2) is 6.12. The minimum Gasteiger partial charge on any atom is -0.465 e. The van der Waals surface area contributed by atoms with Crippen LogP contribution in [0.4, 0.5) is 5.82 Å². The summed E-state index contributed by atoms with van der Waals surface area (Å²) < 4.78 is 32.6. The highest BCUT2D eigenvalue weighted by Crippen LogP contribution is 2.29. The molecular weight excluding hydrogens is 380 g/mol. The predicted molar refractivity (Wildman–Crippen MR) is 83.1 cm³/mol. The summed E-state index contributed by atoms with van der Waals surface area (Å²) in [6.07, 6.45) is 1.47. The molecule has 0 aliphatic carbocycles. The molecule has 9 heteroatoms. The molecule has 0 aromatic carbocycles. The quantitative estimate of drug-likeness (QED) is 0.811. The molecule has 0 radical (unpaired) electrons. The van der Waals surface area contributed by atoms with Crippen molar-refractivity contribution in [3.63, 3.8) is 0 Å². The van der Waals surface area contributed by atoms with Crippen molar-refractivity contribution in [1.29, 1.82) is 0 Å². The van der Waals surface area contributed by atoms with Crippen molar-refractivity contribution in [2.24, 2.45) is 0 Å². The van der Waals surface area contributed by atoms with Crippen LogP contribution in [0.1, 0.15) is 15.2 Å². The first-order valence-corrected chi connectivity index (χ1v) is 8.81. The van der Waals surface area contributed by atoms with Gasteiger partial charge in [-0.2, -0.15) is 0 Å². The maximum Gasteiger partial charge on any atom is 0.349 e. The summed E-state index contributed by atoms with van der Waals surface area (Å²) in [5.41, 5.74) is 0.477. The summed E-state index contributed by atoms with van der Waals surface area (Å²) in [5.74, 6) is -0.517. The molecule has 0 aliphatic rings. The maximum atomic E-state index is 12.4. The smallest absolute Gasteiger partial charge is 0.349 e. The number of ether oxygens (including phenoxy) is 1. The summed E-state index contributed by atoms with van der Waals surface area (Å²) >= 11 is 4.24. The number of aryl methyl sites for hydroxylation is 1. The number of nitrogens with zero attached hydrogens (tertiary/aromatic N) is 1. The summed E-state index contributed by atoms with van der Waals surface area (Å²) in [6, 6.07) is 3.17. The number of methoxy groups -OCH3 is 1. The Bertz CT molecular complexity index is 769. The molecule has 0 saturated heterocycles. The number of thiophene rings is 1. The standard InChI is InChI=1S/C12H11BrN2O4S2/c1-7-6-20-10(12(16)19-2)11(7)21(17,18)15-9-4-3-8(13)5-14-9/h3-6H,1-2H3,(H,14,15). The van der Waals surface area contributed by atoms with Gasteiger partial charge in [-0.25, -0.2) is 18.2 Å². The number of esters is 1. The van der Waals surface area contributed by atoms with Gasteiger partial charge in [-0.1, -0.05) is 0 Å². The van der Waals surface area contributed by atoms with Gasteiger partial charge < -0.3 is 4.74 Å². The van der Waals surface area contributed by atoms with E-state index < -0.39 is 16.0 Å². The number of carbonyl (C=O) groups excluding carboxylic acids is 1. The topological polar surface area (TPSA) is 85.4 Å². The average molecular weight is 391 g/mol. The maximum absolute atomic E-state index is 12.4. The fraction of sp³-hybridized carbons (Fsp3) is 0.167. The lowest BCUT2D eigenvalue weighted by Crippen LogP contribution is -2.17. The van der Waals surface area contributed by atoms with Gasteiger partial charge in [0.05, 0.1) is 7.11 Å². The molecule has 0 spiro atoms. The second-order valence-corrected chi connectivity index (χ2v) is 7.45. The molecule has 2 rings (SSSR count). The van der Waals surface area contributed by atoms with Crippen LogP contribution < -0.4 is 4.72 Å². The van der Waals surface area contributed by atoms with Crippen molar-refractivity contribution in [3.8, 4) is 0 Å². The van der Waals surface area contributed by atoms with Crippen LogP contribution in [-0.2, 0) is 14.8 Å². The van der Waals surface area contributed by atoms with E-state index in [1.54, 1.807) is 18.4 Å². The summed E-state index contributed by atoms with van der Waals surface area (Å²) in [4.78, 5) is 15.6. The van der Waals surface area contributed by atoms with Crippen molar-refractivity contribution >= 4 is 49.1 Å². The lowest BCUT2D eigenvalue weighted by Gasteiger charge is -2.08. The predicted octanol–water partition coefficient (Wildman–Crippen LogP) is 2.80. The Kier molecular flexibility index (Phi) is 4.64. The number of anilines is 1. The minimum atomic E-state index is -3.92. The molecule has 2 aromatic heterocycles. The van der Waals surface area contributed by atoms with Crippen molar-refractivity contribution in [2.75, 3.05) is 11.8 Å². The number of carbonyl (C=O) groups is 1. The third-order valence-corrected chi connectivity index (χ3v) is 5.74. The average Bonchev–Trinajstić information content (AvgIpc) is 2.83. The molecule has 1 N–H and O–H groups in total. The Hall–Kier alpha value is -1.45. The van der Waals surface area contributed by atoms with E-state index in [9.17, 15) is 13.2 Å². The molecule has 0 amide bonds. The van der Waals surface area contributed by atoms with Gasteiger partial charge in [0.2, 0.25) is 0 Å². The van der Waals surface area contributed by atoms with E-state index in [2.05, 4.69) is 30.4 Å². The Balaban J connectivity index is 2.42. The molecule has 2 heterocycles. The highest BCUT2D eigenvalue weighted by atomic mass is 79.9. The molecule has 6 nitrogen and oxygen atoms in total. The van der Waals surface area contributed by atoms with Crippen molar-refractivity contribution in [2.45, 2.75) is 11.8 Å². The highest BCUT2D eigenvalue weighted by molar-refractivity contribution is 9.10. The summed E-state index contributed by atoms with van der Waals surface area (Å²) in [5, 5.41) is 1.59. The Labute approximate surface area is 134 Å². The van der Waals surface area contributed by atoms with Gasteiger partial charge in [0.1, 0.15) is 15.6 Å². The van der Waals surface area contributed by atoms with E-state index in [1.165, 1.54) is 19.4 Å². The van der Waals surface area contributed by atoms with Crippen LogP contribution in [0.5, 0.6) is 0 Å². The van der Waals surface area contributed by atoms with Crippen molar-refractivity contribution < 1.29 is 17.9 Å². The Morgan fingerprint density at radius 2 is 2.14 bits per heavy atom. The third-order valence-electron chi connectivity index (χ3n) is 2.52. The normalized spacial score (nSPS) is 11.2. The largest absolute Gasteiger partial charge is 0.465 e. The van der Waals surface area contributed by atoms with E-state index in [1.807, 2.05) is 0 Å². The monoisotopic (exact) mass is 390 g/mol. The van der Waals surface area contributed by atoms with Gasteiger partial charge in [0.25, 0.3) is 10.0 Å². The van der Waals surface area contributed by atoms with Crippen LogP contribution >= 0.6 is 27.3 Å². The van der Waals surface area contributed by atoms with Gasteiger partial charge in [-0.05, 0) is 45.9 Å². The van der Waals surface area contributed by atoms with Gasteiger partial charge in [0.15, 0.2) is 0 Å². The van der Waals surface area contributed by atoms with Gasteiger partial charge in [-0.15, -0.1) is 11.3 Å². The molecule has 2 aromatic rings. The van der Waals surface area contributed by atoms with Crippen LogP contribution in [0.15, 0.2) is 33.1 Å². The van der Waals surface area contributed by atoms with Crippen LogP contribution in [-0.4, -0.2) is 26.5 Å². The first-order chi connectivity index (χ1) is 9.85. The van der Waals surface area contributed by atoms with E-state index >= 15 is 0 Å². The van der Waals surface area contributed by atoms with E-state index in [4.69, 9.17) is 0 Å². The zero-order chi connectivity index (χ0) is 15.6. The first-order valence-electron chi connectivity index (χ1n) is 5.66. The third kappa shape index (κ3) is 3.42. The second-order valence-electron chi connectivity index (χ2n) is 4.04. The number of hydrogen-bond acceptors (Lipinski definition) is 6. The van der Waals surface area contributed by atoms with Gasteiger partial charge >= 0.3 is 5.97 Å². The SMILES string of the molecule is COC(=O)c1scc(C)c1S(=O)(=O)Nc1ccc(Br)cn1. The number of pyridine rings is 1. The van der Waals surface area contributed by atoms with Gasteiger partial charge in [0, 0.05) is 10.7 Å². The Morgan fingerprint density at radius 1 is 1.43 bits per heavy atom. The molecule has 0 saturated carbocycles. The van der Waals surface area contributed by atoms with Crippen LogP contribution in [0.25, 0.3) is 0 Å². The van der Waals surface area contributed by atoms with E-state index in [-0.39, 0.29) is 15.6 Å². The van der Waals surface area contributed by atoms with Crippen molar-refractivity contribution in [3.05, 3.63) is 38.6 Å². The molecule has 112 valence electrons. The molecule has 0 aliphatic heterocycles. The molecule has 0 atom stereocenters. The van der Waals surface area contributed by atoms with E-state index in [0.29, 0.717) is 5.56 Å². The van der Waals surface area contributed by atoms with Crippen molar-refractivity contribution in [1.82, 2.24) is 4.98 Å². The lowest BCUT2D eigenvalue weighted by atomic mass is 10.3. The number of rotatable bonds is 4. The molecule has 0 unspecified atom stereocenters. The number of hydrogen-bond donors (Lipinski definition) is 1. The number of nitrogens with one attached hydrogen (secondary N) is 1. The molecular formula is C12H11BrN2O4S2. The van der Waals surface area contributed by atoms with Gasteiger partial charge in [-0.3, -0.25) is 4.72 Å². The number of aromatic nitrogens is 1. The highest BCUT2D eigenvalue weighted by Gasteiger charge is 2.27. The first kappa shape index (κ1) is 15.9. The molecule has 0 fully saturated rings. The van der Waals surface area contributed by atoms with E-state index in [0.717, 1.165) is 15.8 Å². The fourth-order valence-electron chi connectivity index (χ4n) is 1.63.